The highest BCUT2D eigenvalue weighted by atomic mass is 31.2. The summed E-state index contributed by atoms with van der Waals surface area (Å²) in [5, 5.41) is 0. The van der Waals surface area contributed by atoms with Crippen LogP contribution in [0.1, 0.15) is 296 Å². The molecule has 94 heavy (non-hydrogen) atoms. The van der Waals surface area contributed by atoms with Gasteiger partial charge >= 0.3 is 19.8 Å². The Kier molecular flexibility index (Phi) is 69.1. The largest absolute Gasteiger partial charge is 0.472 e. The van der Waals surface area contributed by atoms with E-state index in [1.54, 1.807) is 0 Å². The fourth-order valence-corrected chi connectivity index (χ4v) is 10.8. The van der Waals surface area contributed by atoms with Crippen molar-refractivity contribution in [2.24, 2.45) is 0 Å². The maximum Gasteiger partial charge on any atom is 0.472 e. The third-order valence-electron chi connectivity index (χ3n) is 15.7. The van der Waals surface area contributed by atoms with Gasteiger partial charge in [0.2, 0.25) is 0 Å². The topological polar surface area (TPSA) is 108 Å². The van der Waals surface area contributed by atoms with Crippen molar-refractivity contribution in [3.8, 4) is 0 Å². The van der Waals surface area contributed by atoms with Crippen LogP contribution in [-0.2, 0) is 32.7 Å². The van der Waals surface area contributed by atoms with Crippen molar-refractivity contribution in [1.82, 2.24) is 0 Å². The number of phosphoric ester groups is 1. The van der Waals surface area contributed by atoms with E-state index < -0.39 is 26.5 Å². The van der Waals surface area contributed by atoms with Gasteiger partial charge in [-0.1, -0.05) is 325 Å². The lowest BCUT2D eigenvalue weighted by atomic mass is 10.0. The highest BCUT2D eigenvalue weighted by molar-refractivity contribution is 7.47. The van der Waals surface area contributed by atoms with Gasteiger partial charge in [0.25, 0.3) is 0 Å². The molecule has 0 aromatic carbocycles. The van der Waals surface area contributed by atoms with Gasteiger partial charge in [0.05, 0.1) is 27.7 Å². The van der Waals surface area contributed by atoms with Gasteiger partial charge in [-0.25, -0.2) is 4.57 Å². The first-order chi connectivity index (χ1) is 46.0. The first kappa shape index (κ1) is 89.4. The van der Waals surface area contributed by atoms with Crippen LogP contribution in [0.15, 0.2) is 170 Å². The molecule has 0 radical (unpaired) electrons. The summed E-state index contributed by atoms with van der Waals surface area (Å²) in [6.45, 7) is 4.20. The summed E-state index contributed by atoms with van der Waals surface area (Å²) < 4.78 is 34.8. The lowest BCUT2D eigenvalue weighted by molar-refractivity contribution is -0.870. The van der Waals surface area contributed by atoms with E-state index in [2.05, 4.69) is 184 Å². The van der Waals surface area contributed by atoms with Gasteiger partial charge in [0.1, 0.15) is 19.8 Å². The number of hydrogen-bond donors (Lipinski definition) is 1. The lowest BCUT2D eigenvalue weighted by Crippen LogP contribution is -2.37. The van der Waals surface area contributed by atoms with Crippen molar-refractivity contribution < 1.29 is 42.1 Å². The number of carbonyl (C=O) groups is 2. The monoisotopic (exact) mass is 1320 g/mol. The molecule has 1 N–H and O–H groups in total. The van der Waals surface area contributed by atoms with Crippen molar-refractivity contribution in [3.63, 3.8) is 0 Å². The molecule has 2 unspecified atom stereocenters. The van der Waals surface area contributed by atoms with Gasteiger partial charge in [-0.3, -0.25) is 18.6 Å². The Morgan fingerprint density at radius 1 is 0.330 bits per heavy atom. The maximum atomic E-state index is 12.9. The Labute approximate surface area is 578 Å². The highest BCUT2D eigenvalue weighted by Gasteiger charge is 2.27. The number of likely N-dealkylation sites (N-methyl/N-ethyl adjacent to an activating group) is 1. The second-order valence-electron chi connectivity index (χ2n) is 25.9. The zero-order valence-corrected chi connectivity index (χ0v) is 61.8. The molecule has 0 heterocycles. The summed E-state index contributed by atoms with van der Waals surface area (Å²) in [7, 11) is 1.46. The van der Waals surface area contributed by atoms with Gasteiger partial charge in [-0.15, -0.1) is 0 Å². The van der Waals surface area contributed by atoms with E-state index in [-0.39, 0.29) is 32.0 Å². The van der Waals surface area contributed by atoms with Crippen LogP contribution < -0.4 is 0 Å². The van der Waals surface area contributed by atoms with Crippen molar-refractivity contribution in [1.29, 1.82) is 0 Å². The molecule has 0 aliphatic heterocycles. The average Bonchev–Trinajstić information content (AvgIpc) is 1.68. The molecule has 0 saturated carbocycles. The number of carbonyl (C=O) groups excluding carboxylic acids is 2. The summed E-state index contributed by atoms with van der Waals surface area (Å²) in [5.41, 5.74) is 0. The first-order valence-electron chi connectivity index (χ1n) is 37.9. The molecule has 0 rings (SSSR count). The Balaban J connectivity index is 4.07. The van der Waals surface area contributed by atoms with Crippen molar-refractivity contribution in [2.75, 3.05) is 47.5 Å². The molecule has 0 fully saturated rings. The fraction of sp³-hybridized carbons (Fsp3) is 0.643. The SMILES string of the molecule is CC/C=C\C/C=C\C/C=C\C/C=C\C/C=C\C/C=C\C/C=C\C/C=C\C/C=C\CCCCCCCCCC(=O)OC(COC(=O)CCCCCCCCCCCCCCCCCCCCC/C=C\C/C=C\C/C=C\C/C=C\C/C=C\CC)COP(=O)(O)OCC[N+](C)(C)C. The van der Waals surface area contributed by atoms with E-state index in [1.807, 2.05) is 21.1 Å². The molecule has 10 heteroatoms. The van der Waals surface area contributed by atoms with Crippen LogP contribution in [-0.4, -0.2) is 74.9 Å². The summed E-state index contributed by atoms with van der Waals surface area (Å²) in [6.07, 6.45) is 110. The van der Waals surface area contributed by atoms with Crippen LogP contribution in [0.4, 0.5) is 0 Å². The van der Waals surface area contributed by atoms with Crippen LogP contribution in [0.25, 0.3) is 0 Å². The highest BCUT2D eigenvalue weighted by Crippen LogP contribution is 2.43. The zero-order valence-electron chi connectivity index (χ0n) is 60.9. The normalized spacial score (nSPS) is 14.1. The summed E-state index contributed by atoms with van der Waals surface area (Å²) in [5.74, 6) is -0.812. The van der Waals surface area contributed by atoms with Gasteiger partial charge in [-0.2, -0.15) is 0 Å². The molecule has 0 aliphatic rings. The van der Waals surface area contributed by atoms with Gasteiger partial charge < -0.3 is 18.9 Å². The van der Waals surface area contributed by atoms with E-state index >= 15 is 0 Å². The van der Waals surface area contributed by atoms with Crippen LogP contribution in [0.3, 0.4) is 0 Å². The molecule has 2 atom stereocenters. The van der Waals surface area contributed by atoms with Crippen LogP contribution in [0, 0.1) is 0 Å². The van der Waals surface area contributed by atoms with Crippen molar-refractivity contribution >= 4 is 19.8 Å². The molecule has 534 valence electrons. The average molecular weight is 1320 g/mol. The molecule has 0 bridgehead atoms. The van der Waals surface area contributed by atoms with Gasteiger partial charge in [0.15, 0.2) is 6.10 Å². The molecule has 9 nitrogen and oxygen atoms in total. The molecule has 0 aliphatic carbocycles. The molecule has 0 spiro atoms. The summed E-state index contributed by atoms with van der Waals surface area (Å²) >= 11 is 0. The number of unbranched alkanes of at least 4 members (excludes halogenated alkanes) is 26. The van der Waals surface area contributed by atoms with Gasteiger partial charge in [-0.05, 0) is 128 Å². The second kappa shape index (κ2) is 72.6. The standard InChI is InChI=1S/C84H140NO8P/c1-6-8-10-12-14-16-18-20-22-24-26-28-30-32-34-36-38-40-42-44-46-48-50-52-54-56-58-60-62-64-66-68-70-72-74-76-83(86)90-80-82(81-92-94(88,89)91-79-78-85(3,4)5)93-84(87)77-75-73-71-69-67-65-63-61-59-57-55-53-51-49-47-45-43-41-39-37-35-33-31-29-27-25-23-21-19-17-15-13-11-9-7-2/h8-11,14-17,20-23,26-29,32-35,39,41,45,47,51,53,57,59,82H,6-7,12-13,18-19,24-25,30-31,36-38,40,42-44,46,48-50,52,54-56,58,60-81H2,1-5H3/p+1/b10-8-,11-9-,16-14-,17-15-,22-20-,23-21-,28-26-,29-27-,34-32-,35-33-,41-39-,47-45-,53-51-,59-57-. The minimum Gasteiger partial charge on any atom is -0.462 e. The molecular weight excluding hydrogens is 1180 g/mol. The molecule has 0 saturated heterocycles. The van der Waals surface area contributed by atoms with E-state index in [4.69, 9.17) is 18.5 Å². The summed E-state index contributed by atoms with van der Waals surface area (Å²) in [6, 6.07) is 0. The fourth-order valence-electron chi connectivity index (χ4n) is 10.0. The quantitative estimate of drug-likeness (QED) is 0.0211. The maximum absolute atomic E-state index is 12.9. The molecule has 0 amide bonds. The second-order valence-corrected chi connectivity index (χ2v) is 27.4. The molecule has 0 aromatic heterocycles. The predicted molar refractivity (Wildman–Crippen MR) is 408 cm³/mol. The third-order valence-corrected chi connectivity index (χ3v) is 16.7. The number of rotatable bonds is 68. The number of phosphoric acid groups is 1. The predicted octanol–water partition coefficient (Wildman–Crippen LogP) is 25.3. The Bertz CT molecular complexity index is 2200. The number of hydrogen-bond acceptors (Lipinski definition) is 7. The van der Waals surface area contributed by atoms with E-state index in [0.717, 1.165) is 135 Å². The Hall–Kier alpha value is -4.63. The number of ether oxygens (including phenoxy) is 2. The minimum atomic E-state index is -4.41. The number of quaternary nitrogens is 1. The smallest absolute Gasteiger partial charge is 0.462 e. The van der Waals surface area contributed by atoms with E-state index in [1.165, 1.54) is 128 Å². The van der Waals surface area contributed by atoms with E-state index in [0.29, 0.717) is 17.4 Å². The van der Waals surface area contributed by atoms with Crippen molar-refractivity contribution in [3.05, 3.63) is 170 Å². The van der Waals surface area contributed by atoms with Crippen LogP contribution in [0.5, 0.6) is 0 Å². The first-order valence-corrected chi connectivity index (χ1v) is 39.4. The molecular formula is C84H141NO8P+. The Morgan fingerprint density at radius 2 is 0.574 bits per heavy atom. The number of nitrogens with zero attached hydrogens (tertiary/aromatic N) is 1. The third kappa shape index (κ3) is 76.4. The Morgan fingerprint density at radius 3 is 0.851 bits per heavy atom. The van der Waals surface area contributed by atoms with Crippen molar-refractivity contribution in [2.45, 2.75) is 302 Å². The zero-order chi connectivity index (χ0) is 68.3. The number of esters is 2. The summed E-state index contributed by atoms with van der Waals surface area (Å²) in [4.78, 5) is 36.0. The van der Waals surface area contributed by atoms with Crippen LogP contribution in [0.2, 0.25) is 0 Å². The lowest BCUT2D eigenvalue weighted by Gasteiger charge is -2.24. The van der Waals surface area contributed by atoms with Gasteiger partial charge in [0, 0.05) is 12.8 Å². The minimum absolute atomic E-state index is 0.0222. The number of allylic oxidation sites excluding steroid dienone is 28. The van der Waals surface area contributed by atoms with E-state index in [9.17, 15) is 19.0 Å². The van der Waals surface area contributed by atoms with Crippen LogP contribution >= 0.6 is 7.82 Å². The molecule has 0 aromatic rings.